The molecule has 3 heterocycles. The molecule has 1 aromatic heterocycles. The van der Waals surface area contributed by atoms with Crippen molar-refractivity contribution >= 4 is 75.5 Å². The average Bonchev–Trinajstić information content (AvgIpc) is 3.61. The van der Waals surface area contributed by atoms with E-state index in [2.05, 4.69) is 15.0 Å². The third-order valence-electron chi connectivity index (χ3n) is 7.10. The number of carbonyl (C=O) groups excluding carboxylic acids is 3. The fraction of sp³-hybridized carbons (Fsp3) is 0.185. The Bertz CT molecular complexity index is 1710. The molecule has 14 heteroatoms. The number of benzene rings is 2. The van der Waals surface area contributed by atoms with Gasteiger partial charge < -0.3 is 15.7 Å². The number of anilines is 1. The highest BCUT2D eigenvalue weighted by Gasteiger charge is 2.58. The number of nitrogens with zero attached hydrogens (tertiary/aromatic N) is 4. The first kappa shape index (κ1) is 27.0. The first-order chi connectivity index (χ1) is 19.8. The zero-order chi connectivity index (χ0) is 29.0. The summed E-state index contributed by atoms with van der Waals surface area (Å²) in [6.07, 6.45) is 0. The van der Waals surface area contributed by atoms with Crippen molar-refractivity contribution in [2.24, 2.45) is 10.9 Å². The van der Waals surface area contributed by atoms with E-state index in [0.717, 1.165) is 16.0 Å². The molecule has 1 aliphatic carbocycles. The van der Waals surface area contributed by atoms with E-state index in [0.29, 0.717) is 27.8 Å². The summed E-state index contributed by atoms with van der Waals surface area (Å²) in [7, 11) is 1.23. The summed E-state index contributed by atoms with van der Waals surface area (Å²) in [4.78, 5) is 63.5. The van der Waals surface area contributed by atoms with Gasteiger partial charge in [0.25, 0.3) is 11.8 Å². The predicted molar refractivity (Wildman–Crippen MR) is 155 cm³/mol. The lowest BCUT2D eigenvalue weighted by atomic mass is 9.95. The number of thiazole rings is 1. The molecule has 41 heavy (non-hydrogen) atoms. The van der Waals surface area contributed by atoms with Crippen LogP contribution in [-0.4, -0.2) is 68.7 Å². The lowest BCUT2D eigenvalue weighted by Gasteiger charge is -2.52. The van der Waals surface area contributed by atoms with Gasteiger partial charge in [0.05, 0.1) is 5.51 Å². The first-order valence-electron chi connectivity index (χ1n) is 12.1. The maximum atomic E-state index is 13.6. The van der Waals surface area contributed by atoms with Gasteiger partial charge in [0.2, 0.25) is 5.84 Å². The smallest absolute Gasteiger partial charge is 0.352 e. The molecule has 3 aliphatic rings. The summed E-state index contributed by atoms with van der Waals surface area (Å²) < 4.78 is 0. The number of hydrogen-bond acceptors (Lipinski definition) is 9. The number of aromatic nitrogens is 1. The summed E-state index contributed by atoms with van der Waals surface area (Å²) in [6, 6.07) is 9.56. The number of oxime groups is 1. The Morgan fingerprint density at radius 2 is 1.98 bits per heavy atom. The Balaban J connectivity index is 1.39. The Morgan fingerprint density at radius 3 is 2.66 bits per heavy atom. The van der Waals surface area contributed by atoms with Crippen molar-refractivity contribution in [1.82, 2.24) is 9.88 Å². The van der Waals surface area contributed by atoms with Crippen molar-refractivity contribution in [3.05, 3.63) is 75.2 Å². The zero-order valence-electron chi connectivity index (χ0n) is 21.2. The van der Waals surface area contributed by atoms with Gasteiger partial charge in [-0.2, -0.15) is 0 Å². The SMILES string of the molecule is CO/N=C(\N)C(=O)N(c1cscn1)[C@@H]1C(=O)N2C(C(=O)O)=C(c3ccc4c(c3)-c3ccc(CCl)cc3C4=O)CS[C@@H]12. The van der Waals surface area contributed by atoms with Crippen LogP contribution < -0.4 is 10.6 Å². The molecule has 2 aromatic carbocycles. The number of halogens is 1. The molecule has 0 unspecified atom stereocenters. The molecule has 0 bridgehead atoms. The number of fused-ring (bicyclic) bond motifs is 4. The number of amidine groups is 1. The highest BCUT2D eigenvalue weighted by atomic mass is 35.5. The number of carbonyl (C=O) groups is 4. The molecule has 3 N–H and O–H groups in total. The maximum Gasteiger partial charge on any atom is 0.352 e. The normalized spacial score (nSPS) is 19.4. The van der Waals surface area contributed by atoms with Crippen LogP contribution in [0.3, 0.4) is 0 Å². The van der Waals surface area contributed by atoms with Crippen LogP contribution in [0.5, 0.6) is 0 Å². The topological polar surface area (TPSA) is 155 Å². The van der Waals surface area contributed by atoms with E-state index in [1.165, 1.54) is 40.6 Å². The molecule has 2 aliphatic heterocycles. The minimum absolute atomic E-state index is 0.122. The monoisotopic (exact) mass is 609 g/mol. The lowest BCUT2D eigenvalue weighted by Crippen LogP contribution is -2.72. The van der Waals surface area contributed by atoms with E-state index in [4.69, 9.17) is 17.3 Å². The molecule has 3 aromatic rings. The molecule has 0 spiro atoms. The van der Waals surface area contributed by atoms with Crippen LogP contribution >= 0.6 is 34.7 Å². The zero-order valence-corrected chi connectivity index (χ0v) is 23.6. The van der Waals surface area contributed by atoms with E-state index in [1.807, 2.05) is 12.1 Å². The van der Waals surface area contributed by atoms with Crippen molar-refractivity contribution in [2.45, 2.75) is 17.3 Å². The number of β-lactam (4-membered cyclic amide) rings is 1. The van der Waals surface area contributed by atoms with Crippen molar-refractivity contribution < 1.29 is 29.1 Å². The molecule has 6 rings (SSSR count). The molecule has 0 radical (unpaired) electrons. The second-order valence-electron chi connectivity index (χ2n) is 9.27. The van der Waals surface area contributed by atoms with Gasteiger partial charge in [-0.05, 0) is 40.5 Å². The predicted octanol–water partition coefficient (Wildman–Crippen LogP) is 3.12. The number of ketones is 1. The van der Waals surface area contributed by atoms with Gasteiger partial charge in [-0.3, -0.25) is 24.2 Å². The number of thioether (sulfide) groups is 1. The van der Waals surface area contributed by atoms with Crippen LogP contribution in [0.4, 0.5) is 5.82 Å². The summed E-state index contributed by atoms with van der Waals surface area (Å²) in [5, 5.41) is 14.6. The molecule has 11 nitrogen and oxygen atoms in total. The van der Waals surface area contributed by atoms with Crippen molar-refractivity contribution in [3.63, 3.8) is 0 Å². The molecular weight excluding hydrogens is 590 g/mol. The number of rotatable bonds is 6. The van der Waals surface area contributed by atoms with E-state index in [1.54, 1.807) is 29.6 Å². The standard InChI is InChI=1S/C27H20ClN5O6S2/c1-39-31-23(29)25(36)32(19-10-40-11-30-19)21-24(35)33-20(27(37)38)18(9-41-26(21)33)13-3-5-15-16(7-13)14-4-2-12(8-28)6-17(14)22(15)34/h2-7,10-11,21,26H,8-9H2,1H3,(H2,29,31)(H,37,38)/t21-,26+/m1/s1. The fourth-order valence-electron chi connectivity index (χ4n) is 5.28. The first-order valence-corrected chi connectivity index (χ1v) is 14.7. The van der Waals surface area contributed by atoms with Gasteiger partial charge in [0.15, 0.2) is 5.78 Å². The molecule has 2 amide bonds. The molecule has 2 atom stereocenters. The van der Waals surface area contributed by atoms with Gasteiger partial charge in [-0.15, -0.1) is 34.7 Å². The molecule has 1 saturated heterocycles. The Kier molecular flexibility index (Phi) is 6.80. The Morgan fingerprint density at radius 1 is 1.20 bits per heavy atom. The van der Waals surface area contributed by atoms with Crippen molar-refractivity contribution in [2.75, 3.05) is 17.8 Å². The van der Waals surface area contributed by atoms with E-state index < -0.39 is 35.0 Å². The lowest BCUT2D eigenvalue weighted by molar-refractivity contribution is -0.148. The van der Waals surface area contributed by atoms with Crippen molar-refractivity contribution in [1.29, 1.82) is 0 Å². The molecule has 208 valence electrons. The number of hydrogen-bond donors (Lipinski definition) is 2. The Labute approximate surface area is 246 Å². The van der Waals surface area contributed by atoms with Crippen LogP contribution in [-0.2, 0) is 25.1 Å². The van der Waals surface area contributed by atoms with Crippen LogP contribution in [0.25, 0.3) is 16.7 Å². The third kappa shape index (κ3) is 4.19. The van der Waals surface area contributed by atoms with E-state index in [-0.39, 0.29) is 28.9 Å². The number of alkyl halides is 1. The van der Waals surface area contributed by atoms with Crippen LogP contribution in [0, 0.1) is 0 Å². The number of nitrogens with two attached hydrogens (primary N) is 1. The third-order valence-corrected chi connectivity index (χ3v) is 9.25. The highest BCUT2D eigenvalue weighted by Crippen LogP contribution is 2.47. The largest absolute Gasteiger partial charge is 0.477 e. The van der Waals surface area contributed by atoms with E-state index in [9.17, 15) is 24.3 Å². The highest BCUT2D eigenvalue weighted by molar-refractivity contribution is 8.00. The summed E-state index contributed by atoms with van der Waals surface area (Å²) in [5.74, 6) is -2.57. The second kappa shape index (κ2) is 10.3. The molecule has 1 fully saturated rings. The van der Waals surface area contributed by atoms with Gasteiger partial charge in [0.1, 0.15) is 30.0 Å². The number of aliphatic carboxylic acids is 1. The minimum atomic E-state index is -1.28. The second-order valence-corrected chi connectivity index (χ2v) is 11.4. The fourth-order valence-corrected chi connectivity index (χ4v) is 7.39. The summed E-state index contributed by atoms with van der Waals surface area (Å²) in [5.41, 5.74) is 11.4. The van der Waals surface area contributed by atoms with Gasteiger partial charge >= 0.3 is 5.97 Å². The summed E-state index contributed by atoms with van der Waals surface area (Å²) >= 11 is 8.49. The van der Waals surface area contributed by atoms with Crippen LogP contribution in [0.2, 0.25) is 0 Å². The summed E-state index contributed by atoms with van der Waals surface area (Å²) in [6.45, 7) is 0. The number of amides is 2. The quantitative estimate of drug-likeness (QED) is 0.110. The molecule has 0 saturated carbocycles. The van der Waals surface area contributed by atoms with Crippen molar-refractivity contribution in [3.8, 4) is 11.1 Å². The van der Waals surface area contributed by atoms with Crippen LogP contribution in [0.15, 0.2) is 58.1 Å². The number of carboxylic acids is 1. The molecular formula is C27H20ClN5O6S2. The van der Waals surface area contributed by atoms with Gasteiger partial charge in [-0.25, -0.2) is 9.78 Å². The maximum absolute atomic E-state index is 13.6. The number of carboxylic acid groups (broad SMARTS) is 1. The minimum Gasteiger partial charge on any atom is -0.477 e. The average molecular weight is 610 g/mol. The van der Waals surface area contributed by atoms with E-state index >= 15 is 0 Å². The Hall–Kier alpha value is -4.20. The van der Waals surface area contributed by atoms with Gasteiger partial charge in [-0.1, -0.05) is 23.4 Å². The van der Waals surface area contributed by atoms with Crippen LogP contribution in [0.1, 0.15) is 27.0 Å². The van der Waals surface area contributed by atoms with Gasteiger partial charge in [0, 0.05) is 33.7 Å².